The Morgan fingerprint density at radius 3 is 1.33 bits per heavy atom. The van der Waals surface area contributed by atoms with Gasteiger partial charge in [0.05, 0.1) is 5.69 Å². The first kappa shape index (κ1) is 33.6. The monoisotopic (exact) mass is 740 g/mol. The highest BCUT2D eigenvalue weighted by molar-refractivity contribution is 6.27. The Hall–Kier alpha value is -7.75. The quantitative estimate of drug-likeness (QED) is 0.152. The van der Waals surface area contributed by atoms with E-state index < -0.39 is 0 Å². The van der Waals surface area contributed by atoms with E-state index in [1.165, 1.54) is 33.4 Å². The summed E-state index contributed by atoms with van der Waals surface area (Å²) >= 11 is 0. The summed E-state index contributed by atoms with van der Waals surface area (Å²) < 4.78 is 6.64. The number of anilines is 3. The second-order valence-corrected chi connectivity index (χ2v) is 14.7. The van der Waals surface area contributed by atoms with E-state index in [2.05, 4.69) is 193 Å². The molecule has 0 unspecified atom stereocenters. The van der Waals surface area contributed by atoms with E-state index in [0.717, 1.165) is 66.0 Å². The van der Waals surface area contributed by atoms with E-state index in [4.69, 9.17) is 9.40 Å². The average Bonchev–Trinajstić information content (AvgIpc) is 3.75. The summed E-state index contributed by atoms with van der Waals surface area (Å²) in [5, 5.41) is 6.82. The van der Waals surface area contributed by atoms with E-state index >= 15 is 0 Å². The molecule has 0 aliphatic carbocycles. The minimum Gasteiger partial charge on any atom is -0.435 e. The standard InChI is InChI=1S/C55H36N2O/c1-4-11-37(12-5-1)39-19-21-40(22-20-39)42-27-33-47(34-28-42)57(46-31-25-41(26-32-46)38-13-6-2-7-14-38)51-18-10-17-49-48(51)35-29-43-23-24-44-30-36-50-54(53(44)52(43)49)58-55(56-50)45-15-8-3-9-16-45/h1-36H. The van der Waals surface area contributed by atoms with Crippen molar-refractivity contribution in [3.63, 3.8) is 0 Å². The summed E-state index contributed by atoms with van der Waals surface area (Å²) in [7, 11) is 0. The highest BCUT2D eigenvalue weighted by atomic mass is 16.3. The van der Waals surface area contributed by atoms with Crippen LogP contribution in [-0.4, -0.2) is 4.98 Å². The molecule has 10 aromatic carbocycles. The van der Waals surface area contributed by atoms with Crippen molar-refractivity contribution in [2.24, 2.45) is 0 Å². The Labute approximate surface area is 336 Å². The number of hydrogen-bond acceptors (Lipinski definition) is 3. The summed E-state index contributed by atoms with van der Waals surface area (Å²) in [6.07, 6.45) is 0. The molecule has 3 heteroatoms. The molecule has 0 amide bonds. The number of benzene rings is 10. The van der Waals surface area contributed by atoms with Crippen LogP contribution in [0.3, 0.4) is 0 Å². The van der Waals surface area contributed by atoms with Crippen molar-refractivity contribution < 1.29 is 4.42 Å². The van der Waals surface area contributed by atoms with Gasteiger partial charge in [0, 0.05) is 33.1 Å². The second kappa shape index (κ2) is 14.1. The number of fused-ring (bicyclic) bond motifs is 7. The smallest absolute Gasteiger partial charge is 0.227 e. The summed E-state index contributed by atoms with van der Waals surface area (Å²) in [6.45, 7) is 0. The molecule has 0 saturated heterocycles. The van der Waals surface area contributed by atoms with Crippen LogP contribution in [0.15, 0.2) is 223 Å². The SMILES string of the molecule is c1ccc(-c2ccc(-c3ccc(N(c4ccc(-c5ccccc5)cc4)c4cccc5c4ccc4ccc6ccc7nc(-c8ccccc8)oc7c6c45)cc3)cc2)cc1. The van der Waals surface area contributed by atoms with Crippen molar-refractivity contribution in [3.8, 4) is 44.8 Å². The van der Waals surface area contributed by atoms with Crippen LogP contribution in [0.1, 0.15) is 0 Å². The van der Waals surface area contributed by atoms with Crippen LogP contribution in [0.2, 0.25) is 0 Å². The number of oxazole rings is 1. The first-order valence-electron chi connectivity index (χ1n) is 19.7. The van der Waals surface area contributed by atoms with Gasteiger partial charge in [0.2, 0.25) is 5.89 Å². The summed E-state index contributed by atoms with van der Waals surface area (Å²) in [5.41, 5.74) is 13.0. The van der Waals surface area contributed by atoms with Gasteiger partial charge in [-0.2, -0.15) is 0 Å². The van der Waals surface area contributed by atoms with Crippen molar-refractivity contribution in [1.82, 2.24) is 4.98 Å². The van der Waals surface area contributed by atoms with Gasteiger partial charge in [-0.15, -0.1) is 0 Å². The third kappa shape index (κ3) is 5.89. The highest BCUT2D eigenvalue weighted by Crippen LogP contribution is 2.44. The fourth-order valence-electron chi connectivity index (χ4n) is 8.41. The lowest BCUT2D eigenvalue weighted by Gasteiger charge is -2.27. The van der Waals surface area contributed by atoms with Crippen molar-refractivity contribution in [3.05, 3.63) is 218 Å². The second-order valence-electron chi connectivity index (χ2n) is 14.7. The van der Waals surface area contributed by atoms with Crippen LogP contribution in [0.5, 0.6) is 0 Å². The first-order chi connectivity index (χ1) is 28.7. The number of aromatic nitrogens is 1. The molecule has 11 aromatic rings. The van der Waals surface area contributed by atoms with Crippen molar-refractivity contribution in [1.29, 1.82) is 0 Å². The largest absolute Gasteiger partial charge is 0.435 e. The topological polar surface area (TPSA) is 29.3 Å². The Morgan fingerprint density at radius 1 is 0.328 bits per heavy atom. The van der Waals surface area contributed by atoms with Gasteiger partial charge >= 0.3 is 0 Å². The van der Waals surface area contributed by atoms with Gasteiger partial charge in [0.1, 0.15) is 5.52 Å². The molecule has 11 rings (SSSR count). The third-order valence-electron chi connectivity index (χ3n) is 11.3. The first-order valence-corrected chi connectivity index (χ1v) is 19.7. The zero-order valence-corrected chi connectivity index (χ0v) is 31.6. The van der Waals surface area contributed by atoms with Crippen LogP contribution in [0.25, 0.3) is 88.3 Å². The summed E-state index contributed by atoms with van der Waals surface area (Å²) in [4.78, 5) is 7.33. The molecule has 0 spiro atoms. The molecule has 0 saturated carbocycles. The predicted molar refractivity (Wildman–Crippen MR) is 243 cm³/mol. The van der Waals surface area contributed by atoms with Gasteiger partial charge in [-0.1, -0.05) is 170 Å². The lowest BCUT2D eigenvalue weighted by Crippen LogP contribution is -2.10. The molecule has 0 aliphatic rings. The van der Waals surface area contributed by atoms with E-state index in [1.54, 1.807) is 0 Å². The lowest BCUT2D eigenvalue weighted by atomic mass is 9.94. The Morgan fingerprint density at radius 2 is 0.776 bits per heavy atom. The zero-order valence-electron chi connectivity index (χ0n) is 31.6. The third-order valence-corrected chi connectivity index (χ3v) is 11.3. The minimum atomic E-state index is 0.627. The lowest BCUT2D eigenvalue weighted by molar-refractivity contribution is 0.623. The van der Waals surface area contributed by atoms with Gasteiger partial charge in [-0.25, -0.2) is 4.98 Å². The van der Waals surface area contributed by atoms with Crippen LogP contribution < -0.4 is 4.90 Å². The molecule has 58 heavy (non-hydrogen) atoms. The van der Waals surface area contributed by atoms with Crippen molar-refractivity contribution in [2.75, 3.05) is 4.90 Å². The molecule has 0 atom stereocenters. The van der Waals surface area contributed by atoms with Gasteiger partial charge in [0.25, 0.3) is 0 Å². The molecule has 1 aromatic heterocycles. The zero-order chi connectivity index (χ0) is 38.4. The van der Waals surface area contributed by atoms with E-state index in [1.807, 2.05) is 30.3 Å². The molecular weight excluding hydrogens is 705 g/mol. The molecule has 0 bridgehead atoms. The Kier molecular flexibility index (Phi) is 8.15. The Balaban J connectivity index is 1.07. The highest BCUT2D eigenvalue weighted by Gasteiger charge is 2.20. The minimum absolute atomic E-state index is 0.627. The van der Waals surface area contributed by atoms with Gasteiger partial charge < -0.3 is 9.32 Å². The summed E-state index contributed by atoms with van der Waals surface area (Å²) in [6, 6.07) is 77.7. The van der Waals surface area contributed by atoms with Gasteiger partial charge in [0.15, 0.2) is 5.58 Å². The van der Waals surface area contributed by atoms with Gasteiger partial charge in [-0.3, -0.25) is 0 Å². The maximum Gasteiger partial charge on any atom is 0.227 e. The number of nitrogens with zero attached hydrogens (tertiary/aromatic N) is 2. The van der Waals surface area contributed by atoms with Crippen molar-refractivity contribution in [2.45, 2.75) is 0 Å². The maximum atomic E-state index is 6.64. The maximum absolute atomic E-state index is 6.64. The molecule has 0 fully saturated rings. The van der Waals surface area contributed by atoms with Crippen LogP contribution in [0.4, 0.5) is 17.1 Å². The molecule has 272 valence electrons. The molecule has 3 nitrogen and oxygen atoms in total. The van der Waals surface area contributed by atoms with Crippen LogP contribution in [-0.2, 0) is 0 Å². The summed E-state index contributed by atoms with van der Waals surface area (Å²) in [5.74, 6) is 0.627. The number of hydrogen-bond donors (Lipinski definition) is 0. The molecule has 0 N–H and O–H groups in total. The normalized spacial score (nSPS) is 11.4. The van der Waals surface area contributed by atoms with E-state index in [0.29, 0.717) is 5.89 Å². The van der Waals surface area contributed by atoms with Crippen LogP contribution >= 0.6 is 0 Å². The predicted octanol–water partition coefficient (Wildman–Crippen LogP) is 15.4. The van der Waals surface area contributed by atoms with E-state index in [9.17, 15) is 0 Å². The molecule has 0 radical (unpaired) electrons. The van der Waals surface area contributed by atoms with Crippen molar-refractivity contribution >= 4 is 60.5 Å². The van der Waals surface area contributed by atoms with Crippen LogP contribution in [0, 0.1) is 0 Å². The number of rotatable bonds is 7. The average molecular weight is 741 g/mol. The molecule has 0 aliphatic heterocycles. The molecule has 1 heterocycles. The van der Waals surface area contributed by atoms with E-state index in [-0.39, 0.29) is 0 Å². The Bertz CT molecular complexity index is 3230. The fraction of sp³-hybridized carbons (Fsp3) is 0. The fourth-order valence-corrected chi connectivity index (χ4v) is 8.41. The van der Waals surface area contributed by atoms with Gasteiger partial charge in [-0.05, 0) is 98.1 Å². The molecular formula is C55H36N2O.